The van der Waals surface area contributed by atoms with Crippen LogP contribution in [0.5, 0.6) is 0 Å². The zero-order valence-corrected chi connectivity index (χ0v) is 17.5. The van der Waals surface area contributed by atoms with Gasteiger partial charge in [0, 0.05) is 27.2 Å². The van der Waals surface area contributed by atoms with E-state index in [9.17, 15) is 35.7 Å². The molecule has 1 atom stereocenters. The topological polar surface area (TPSA) is 128 Å². The summed E-state index contributed by atoms with van der Waals surface area (Å²) in [6, 6.07) is 6.32. The summed E-state index contributed by atoms with van der Waals surface area (Å²) < 4.78 is 71.8. The van der Waals surface area contributed by atoms with Crippen LogP contribution in [0, 0.1) is 0 Å². The summed E-state index contributed by atoms with van der Waals surface area (Å²) in [7, 11) is 0.428. The monoisotopic (exact) mass is 456 g/mol. The van der Waals surface area contributed by atoms with Crippen molar-refractivity contribution in [2.45, 2.75) is 12.3 Å². The number of quaternary nitrogens is 1. The van der Waals surface area contributed by atoms with Crippen LogP contribution in [0.4, 0.5) is 24.5 Å². The van der Waals surface area contributed by atoms with Gasteiger partial charge in [0.15, 0.2) is 18.8 Å². The van der Waals surface area contributed by atoms with Gasteiger partial charge in [0.1, 0.15) is 5.69 Å². The van der Waals surface area contributed by atoms with Gasteiger partial charge in [-0.1, -0.05) is 12.1 Å². The summed E-state index contributed by atoms with van der Waals surface area (Å²) >= 11 is 0. The van der Waals surface area contributed by atoms with Crippen LogP contribution < -0.4 is 20.0 Å². The van der Waals surface area contributed by atoms with E-state index in [1.165, 1.54) is 27.2 Å². The number of benzene rings is 1. The molecule has 0 spiro atoms. The van der Waals surface area contributed by atoms with E-state index in [0.29, 0.717) is 11.4 Å². The molecule has 0 bridgehead atoms. The van der Waals surface area contributed by atoms with Crippen molar-refractivity contribution in [3.8, 4) is 0 Å². The molecule has 0 aliphatic carbocycles. The van der Waals surface area contributed by atoms with E-state index in [0.717, 1.165) is 12.0 Å². The van der Waals surface area contributed by atoms with Gasteiger partial charge in [-0.3, -0.25) is 13.8 Å². The quantitative estimate of drug-likeness (QED) is 0.360. The summed E-state index contributed by atoms with van der Waals surface area (Å²) in [6.07, 6.45) is -6.65. The van der Waals surface area contributed by atoms with E-state index in [4.69, 9.17) is 0 Å². The Morgan fingerprint density at radius 3 is 1.97 bits per heavy atom. The third-order valence-electron chi connectivity index (χ3n) is 4.48. The number of rotatable bonds is 5. The minimum absolute atomic E-state index is 0.300. The van der Waals surface area contributed by atoms with Crippen molar-refractivity contribution in [2.24, 2.45) is 0 Å². The number of nitrogens with one attached hydrogen (secondary N) is 2. The van der Waals surface area contributed by atoms with Gasteiger partial charge >= 0.3 is 6.18 Å². The molecule has 1 unspecified atom stereocenters. The van der Waals surface area contributed by atoms with Gasteiger partial charge in [-0.15, -0.1) is 0 Å². The highest BCUT2D eigenvalue weighted by atomic mass is 32.3. The van der Waals surface area contributed by atoms with Gasteiger partial charge in [-0.05, 0) is 6.07 Å². The smallest absolute Gasteiger partial charge is 0.463 e. The molecule has 14 heteroatoms. The molecule has 2 rings (SSSR count). The molecule has 1 aliphatic heterocycles. The van der Waals surface area contributed by atoms with Gasteiger partial charge in [0.05, 0.1) is 7.11 Å². The first-order valence-electron chi connectivity index (χ1n) is 8.42. The van der Waals surface area contributed by atoms with Crippen LogP contribution in [0.2, 0.25) is 0 Å². The molecule has 1 aliphatic rings. The largest absolute Gasteiger partial charge is 0.726 e. The summed E-state index contributed by atoms with van der Waals surface area (Å²) in [4.78, 5) is 25.1. The number of alkyl halides is 3. The van der Waals surface area contributed by atoms with Crippen LogP contribution in [0.3, 0.4) is 0 Å². The molecule has 0 aromatic heterocycles. The molecular weight excluding hydrogens is 433 g/mol. The first-order chi connectivity index (χ1) is 13.7. The van der Waals surface area contributed by atoms with Crippen molar-refractivity contribution in [3.05, 3.63) is 24.3 Å². The molecule has 0 fully saturated rings. The lowest BCUT2D eigenvalue weighted by Gasteiger charge is -2.40. The van der Waals surface area contributed by atoms with Gasteiger partial charge < -0.3 is 20.1 Å². The molecular formula is C16H23F3N4O6S. The summed E-state index contributed by atoms with van der Waals surface area (Å²) in [5.41, 5.74) is 0.655. The van der Waals surface area contributed by atoms with Gasteiger partial charge in [0.2, 0.25) is 10.4 Å². The Kier molecular flexibility index (Phi) is 8.19. The van der Waals surface area contributed by atoms with Crippen LogP contribution in [0.1, 0.15) is 0 Å². The van der Waals surface area contributed by atoms with Crippen LogP contribution in [0.25, 0.3) is 0 Å². The van der Waals surface area contributed by atoms with E-state index in [-0.39, 0.29) is 0 Å². The van der Waals surface area contributed by atoms with Gasteiger partial charge in [-0.2, -0.15) is 13.2 Å². The molecule has 1 aromatic carbocycles. The van der Waals surface area contributed by atoms with Crippen LogP contribution in [0.15, 0.2) is 24.3 Å². The number of anilines is 1. The first kappa shape index (κ1) is 25.6. The van der Waals surface area contributed by atoms with Crippen molar-refractivity contribution in [1.29, 1.82) is 0 Å². The number of carbonyl (C=O) groups is 2. The molecule has 1 heterocycles. The number of carbonyl (C=O) groups excluding carboxylic acids is 2. The Hall–Kier alpha value is -2.42. The average molecular weight is 456 g/mol. The van der Waals surface area contributed by atoms with E-state index < -0.39 is 52.1 Å². The van der Waals surface area contributed by atoms with Crippen molar-refractivity contribution >= 4 is 33.6 Å². The van der Waals surface area contributed by atoms with Crippen molar-refractivity contribution in [1.82, 2.24) is 15.1 Å². The molecule has 30 heavy (non-hydrogen) atoms. The maximum Gasteiger partial charge on any atom is 0.463 e. The summed E-state index contributed by atoms with van der Waals surface area (Å²) in [6.45, 7) is -0.981. The van der Waals surface area contributed by atoms with Gasteiger partial charge in [-0.25, -0.2) is 12.9 Å². The molecule has 2 amide bonds. The van der Waals surface area contributed by atoms with E-state index in [1.54, 1.807) is 18.2 Å². The maximum atomic E-state index is 13.9. The van der Waals surface area contributed by atoms with Crippen LogP contribution >= 0.6 is 0 Å². The molecule has 1 aromatic rings. The highest BCUT2D eigenvalue weighted by Crippen LogP contribution is 2.48. The molecule has 10 nitrogen and oxygen atoms in total. The zero-order valence-electron chi connectivity index (χ0n) is 16.7. The summed E-state index contributed by atoms with van der Waals surface area (Å²) in [5, 5.41) is 4.71. The maximum absolute atomic E-state index is 13.9. The standard InChI is InChI=1S/C15H19F3N4O2.CH4O4S/c1-19-12(23)8-22(9-13(24)20-2)11-7-5-4-6-10(11)21(3)14(22)15(16,17)18;1-5-6(2,3)4/h4-7,14H,8-9H2,1-3H3,(H-,19,20,23,24);1H3,(H,2,3,4). The molecule has 0 saturated heterocycles. The van der Waals surface area contributed by atoms with Gasteiger partial charge in [0.25, 0.3) is 18.0 Å². The lowest BCUT2D eigenvalue weighted by Crippen LogP contribution is -2.69. The second kappa shape index (κ2) is 9.59. The van der Waals surface area contributed by atoms with Crippen molar-refractivity contribution < 1.29 is 39.9 Å². The Morgan fingerprint density at radius 1 is 1.17 bits per heavy atom. The fraction of sp³-hybridized carbons (Fsp3) is 0.500. The van der Waals surface area contributed by atoms with E-state index in [2.05, 4.69) is 14.8 Å². The highest BCUT2D eigenvalue weighted by molar-refractivity contribution is 7.80. The molecule has 0 saturated carbocycles. The normalized spacial score (nSPS) is 17.5. The highest BCUT2D eigenvalue weighted by Gasteiger charge is 2.64. The lowest BCUT2D eigenvalue weighted by molar-refractivity contribution is -0.178. The Bertz CT molecular complexity index is 860. The predicted molar refractivity (Wildman–Crippen MR) is 101 cm³/mol. The van der Waals surface area contributed by atoms with Crippen molar-refractivity contribution in [3.63, 3.8) is 0 Å². The van der Waals surface area contributed by atoms with Crippen LogP contribution in [-0.4, -0.2) is 78.5 Å². The Morgan fingerprint density at radius 2 is 1.60 bits per heavy atom. The predicted octanol–water partition coefficient (Wildman–Crippen LogP) is -0.0829. The number of hydrogen-bond donors (Lipinski definition) is 2. The third kappa shape index (κ3) is 5.81. The fourth-order valence-corrected chi connectivity index (χ4v) is 3.30. The molecule has 2 N–H and O–H groups in total. The summed E-state index contributed by atoms with van der Waals surface area (Å²) in [5.74, 6) is -1.14. The van der Waals surface area contributed by atoms with Crippen LogP contribution in [-0.2, 0) is 24.2 Å². The van der Waals surface area contributed by atoms with E-state index >= 15 is 0 Å². The van der Waals surface area contributed by atoms with Crippen molar-refractivity contribution in [2.75, 3.05) is 46.2 Å². The molecule has 0 radical (unpaired) electrons. The number of amides is 2. The number of para-hydroxylation sites is 2. The zero-order chi connectivity index (χ0) is 23.3. The number of fused-ring (bicyclic) bond motifs is 1. The number of likely N-dealkylation sites (N-methyl/N-ethyl adjacent to an activating group) is 2. The second-order valence-corrected chi connectivity index (χ2v) is 7.44. The first-order valence-corrected chi connectivity index (χ1v) is 9.75. The van der Waals surface area contributed by atoms with E-state index in [1.807, 2.05) is 0 Å². The number of hydrogen-bond acceptors (Lipinski definition) is 7. The number of nitrogens with zero attached hydrogens (tertiary/aromatic N) is 2. The lowest BCUT2D eigenvalue weighted by atomic mass is 10.2. The average Bonchev–Trinajstić information content (AvgIpc) is 2.90. The minimum Gasteiger partial charge on any atom is -0.726 e. The third-order valence-corrected chi connectivity index (χ3v) is 4.89. The molecule has 170 valence electrons. The Labute approximate surface area is 172 Å². The second-order valence-electron chi connectivity index (χ2n) is 6.29. The SMILES string of the molecule is CNC(=O)C[N+]1(CC(=O)NC)c2ccccc2N(C)C1C(F)(F)F.COS(=O)(=O)[O-]. The fourth-order valence-electron chi connectivity index (χ4n) is 3.30. The Balaban J connectivity index is 0.000000656. The minimum atomic E-state index is -4.63. The number of halogens is 3.